The van der Waals surface area contributed by atoms with Gasteiger partial charge in [0.25, 0.3) is 0 Å². The zero-order valence-corrected chi connectivity index (χ0v) is 14.1. The van der Waals surface area contributed by atoms with E-state index in [9.17, 15) is 4.79 Å². The molecule has 0 N–H and O–H groups in total. The van der Waals surface area contributed by atoms with Crippen LogP contribution in [0.25, 0.3) is 0 Å². The molecule has 2 nitrogen and oxygen atoms in total. The van der Waals surface area contributed by atoms with E-state index in [1.54, 1.807) is 12.1 Å². The van der Waals surface area contributed by atoms with Gasteiger partial charge < -0.3 is 4.90 Å². The summed E-state index contributed by atoms with van der Waals surface area (Å²) >= 11 is 5.94. The van der Waals surface area contributed by atoms with E-state index in [1.165, 1.54) is 25.7 Å². The van der Waals surface area contributed by atoms with Gasteiger partial charge >= 0.3 is 0 Å². The van der Waals surface area contributed by atoms with Crippen LogP contribution < -0.4 is 0 Å². The van der Waals surface area contributed by atoms with Gasteiger partial charge in [-0.3, -0.25) is 4.79 Å². The minimum absolute atomic E-state index is 0.181. The van der Waals surface area contributed by atoms with Gasteiger partial charge in [0.2, 0.25) is 0 Å². The first-order valence-corrected chi connectivity index (χ1v) is 8.24. The van der Waals surface area contributed by atoms with E-state index in [2.05, 4.69) is 25.8 Å². The topological polar surface area (TPSA) is 20.3 Å². The van der Waals surface area contributed by atoms with Gasteiger partial charge in [0.05, 0.1) is 0 Å². The summed E-state index contributed by atoms with van der Waals surface area (Å²) in [5.41, 5.74) is 1.22. The number of Topliss-reactive ketones (excluding diaryl/α,β-unsaturated/α-hetero) is 1. The molecule has 1 saturated carbocycles. The normalized spacial score (nSPS) is 18.9. The third-order valence-electron chi connectivity index (χ3n) is 4.77. The minimum atomic E-state index is 0.181. The fourth-order valence-electron chi connectivity index (χ4n) is 3.09. The van der Waals surface area contributed by atoms with E-state index < -0.39 is 0 Å². The highest BCUT2D eigenvalue weighted by Crippen LogP contribution is 2.36. The number of carbonyl (C=O) groups excluding carboxylic acids is 1. The lowest BCUT2D eigenvalue weighted by atomic mass is 9.75. The van der Waals surface area contributed by atoms with Gasteiger partial charge in [0.15, 0.2) is 5.78 Å². The van der Waals surface area contributed by atoms with Crippen LogP contribution in [0.4, 0.5) is 0 Å². The smallest absolute Gasteiger partial charge is 0.164 e. The van der Waals surface area contributed by atoms with Crippen molar-refractivity contribution in [2.24, 2.45) is 5.41 Å². The SMILES string of the molecule is CN(CCC(=O)c1cccc(Cl)c1)C1CCC(C)(C)CC1. The molecule has 21 heavy (non-hydrogen) atoms. The van der Waals surface area contributed by atoms with Crippen molar-refractivity contribution in [3.8, 4) is 0 Å². The van der Waals surface area contributed by atoms with Crippen LogP contribution in [-0.2, 0) is 0 Å². The molecule has 0 aliphatic heterocycles. The zero-order valence-electron chi connectivity index (χ0n) is 13.4. The average molecular weight is 308 g/mol. The summed E-state index contributed by atoms with van der Waals surface area (Å²) in [6, 6.07) is 7.87. The third-order valence-corrected chi connectivity index (χ3v) is 5.01. The summed E-state index contributed by atoms with van der Waals surface area (Å²) in [7, 11) is 2.15. The fraction of sp³-hybridized carbons (Fsp3) is 0.611. The van der Waals surface area contributed by atoms with Gasteiger partial charge in [-0.25, -0.2) is 0 Å². The molecular formula is C18H26ClNO. The fourth-order valence-corrected chi connectivity index (χ4v) is 3.28. The molecular weight excluding hydrogens is 282 g/mol. The lowest BCUT2D eigenvalue weighted by Crippen LogP contribution is -2.38. The highest BCUT2D eigenvalue weighted by atomic mass is 35.5. The van der Waals surface area contributed by atoms with Crippen molar-refractivity contribution >= 4 is 17.4 Å². The van der Waals surface area contributed by atoms with Crippen LogP contribution >= 0.6 is 11.6 Å². The summed E-state index contributed by atoms with van der Waals surface area (Å²) in [4.78, 5) is 14.6. The summed E-state index contributed by atoms with van der Waals surface area (Å²) in [5, 5.41) is 0.628. The second-order valence-corrected chi connectivity index (χ2v) is 7.50. The number of hydrogen-bond acceptors (Lipinski definition) is 2. The maximum absolute atomic E-state index is 12.2. The summed E-state index contributed by atoms with van der Waals surface area (Å²) in [6.45, 7) is 5.54. The highest BCUT2D eigenvalue weighted by Gasteiger charge is 2.28. The Morgan fingerprint density at radius 3 is 2.62 bits per heavy atom. The van der Waals surface area contributed by atoms with Crippen LogP contribution in [-0.4, -0.2) is 30.3 Å². The molecule has 0 saturated heterocycles. The lowest BCUT2D eigenvalue weighted by molar-refractivity contribution is 0.0925. The molecule has 0 unspecified atom stereocenters. The Labute approximate surface area is 133 Å². The van der Waals surface area contributed by atoms with E-state index in [0.717, 1.165) is 12.1 Å². The number of benzene rings is 1. The minimum Gasteiger partial charge on any atom is -0.303 e. The van der Waals surface area contributed by atoms with Crippen LogP contribution in [0, 0.1) is 5.41 Å². The first-order valence-electron chi connectivity index (χ1n) is 7.86. The summed E-state index contributed by atoms with van der Waals surface area (Å²) in [6.07, 6.45) is 5.62. The number of hydrogen-bond donors (Lipinski definition) is 0. The van der Waals surface area contributed by atoms with Crippen LogP contribution in [0.15, 0.2) is 24.3 Å². The molecule has 0 radical (unpaired) electrons. The van der Waals surface area contributed by atoms with Crippen molar-refractivity contribution in [1.29, 1.82) is 0 Å². The molecule has 0 aromatic heterocycles. The van der Waals surface area contributed by atoms with E-state index in [0.29, 0.717) is 22.9 Å². The Hall–Kier alpha value is -0.860. The van der Waals surface area contributed by atoms with Gasteiger partial charge in [0.1, 0.15) is 0 Å². The Bertz CT molecular complexity index is 488. The molecule has 0 amide bonds. The van der Waals surface area contributed by atoms with E-state index in [-0.39, 0.29) is 5.78 Å². The molecule has 2 rings (SSSR count). The molecule has 116 valence electrons. The second-order valence-electron chi connectivity index (χ2n) is 7.06. The molecule has 0 spiro atoms. The molecule has 0 atom stereocenters. The zero-order chi connectivity index (χ0) is 15.5. The first-order chi connectivity index (χ1) is 9.87. The number of halogens is 1. The van der Waals surface area contributed by atoms with E-state index in [4.69, 9.17) is 11.6 Å². The molecule has 1 aromatic carbocycles. The number of nitrogens with zero attached hydrogens (tertiary/aromatic N) is 1. The Morgan fingerprint density at radius 1 is 1.33 bits per heavy atom. The number of ketones is 1. The molecule has 1 aromatic rings. The predicted octanol–water partition coefficient (Wildman–Crippen LogP) is 4.81. The Kier molecular flexibility index (Phi) is 5.45. The molecule has 1 fully saturated rings. The van der Waals surface area contributed by atoms with Gasteiger partial charge in [-0.1, -0.05) is 37.6 Å². The van der Waals surface area contributed by atoms with Crippen LogP contribution in [0.5, 0.6) is 0 Å². The predicted molar refractivity (Wildman–Crippen MR) is 89.1 cm³/mol. The summed E-state index contributed by atoms with van der Waals surface area (Å²) in [5.74, 6) is 0.181. The standard InChI is InChI=1S/C18H26ClNO/c1-18(2)10-7-16(8-11-18)20(3)12-9-17(21)14-5-4-6-15(19)13-14/h4-6,13,16H,7-12H2,1-3H3. The molecule has 1 aliphatic rings. The van der Waals surface area contributed by atoms with Crippen LogP contribution in [0.1, 0.15) is 56.3 Å². The monoisotopic (exact) mass is 307 g/mol. The maximum Gasteiger partial charge on any atom is 0.164 e. The van der Waals surface area contributed by atoms with Crippen molar-refractivity contribution in [1.82, 2.24) is 4.90 Å². The Morgan fingerprint density at radius 2 is 2.00 bits per heavy atom. The summed E-state index contributed by atoms with van der Waals surface area (Å²) < 4.78 is 0. The third kappa shape index (κ3) is 4.82. The van der Waals surface area contributed by atoms with Crippen LogP contribution in [0.2, 0.25) is 5.02 Å². The second kappa shape index (κ2) is 6.93. The Balaban J connectivity index is 1.81. The molecule has 3 heteroatoms. The van der Waals surface area contributed by atoms with Crippen molar-refractivity contribution < 1.29 is 4.79 Å². The molecule has 1 aliphatic carbocycles. The molecule has 0 heterocycles. The van der Waals surface area contributed by atoms with Gasteiger partial charge in [-0.2, -0.15) is 0 Å². The number of rotatable bonds is 5. The highest BCUT2D eigenvalue weighted by molar-refractivity contribution is 6.31. The van der Waals surface area contributed by atoms with E-state index >= 15 is 0 Å². The van der Waals surface area contributed by atoms with Crippen LogP contribution in [0.3, 0.4) is 0 Å². The van der Waals surface area contributed by atoms with Crippen molar-refractivity contribution in [3.05, 3.63) is 34.9 Å². The van der Waals surface area contributed by atoms with E-state index in [1.807, 2.05) is 12.1 Å². The van der Waals surface area contributed by atoms with Gasteiger partial charge in [-0.05, 0) is 50.3 Å². The van der Waals surface area contributed by atoms with Gasteiger partial charge in [0, 0.05) is 29.6 Å². The quantitative estimate of drug-likeness (QED) is 0.727. The largest absolute Gasteiger partial charge is 0.303 e. The lowest BCUT2D eigenvalue weighted by Gasteiger charge is -2.38. The van der Waals surface area contributed by atoms with Crippen molar-refractivity contribution in [2.75, 3.05) is 13.6 Å². The number of carbonyl (C=O) groups is 1. The first kappa shape index (κ1) is 16.5. The molecule has 0 bridgehead atoms. The van der Waals surface area contributed by atoms with Crippen molar-refractivity contribution in [2.45, 2.75) is 52.0 Å². The van der Waals surface area contributed by atoms with Crippen molar-refractivity contribution in [3.63, 3.8) is 0 Å². The average Bonchev–Trinajstić information content (AvgIpc) is 2.44. The van der Waals surface area contributed by atoms with Gasteiger partial charge in [-0.15, -0.1) is 0 Å². The maximum atomic E-state index is 12.2.